The molecule has 13 heteroatoms. The number of H-pyrrole nitrogens is 2. The molecule has 4 rings (SSSR count). The number of fused-ring (bicyclic) bond motifs is 2. The molecule has 4 aromatic heterocycles. The maximum atomic E-state index is 11.3. The second kappa shape index (κ2) is 7.66. The molecular formula is C14H20CaN8O4. The third-order valence-electron chi connectivity index (χ3n) is 3.95. The van der Waals surface area contributed by atoms with Gasteiger partial charge in [0.15, 0.2) is 22.3 Å². The Labute approximate surface area is 183 Å². The molecule has 142 valence electrons. The topological polar surface area (TPSA) is 145 Å². The number of imidazole rings is 2. The van der Waals surface area contributed by atoms with Gasteiger partial charge in [-0.25, -0.2) is 19.6 Å². The zero-order valence-corrected chi connectivity index (χ0v) is 17.4. The van der Waals surface area contributed by atoms with Crippen LogP contribution in [-0.4, -0.2) is 75.9 Å². The first-order valence-electron chi connectivity index (χ1n) is 7.43. The van der Waals surface area contributed by atoms with Crippen LogP contribution in [-0.2, 0) is 28.2 Å². The van der Waals surface area contributed by atoms with Crippen LogP contribution in [0.25, 0.3) is 22.3 Å². The van der Waals surface area contributed by atoms with Crippen molar-refractivity contribution in [1.29, 1.82) is 0 Å². The number of nitrogens with one attached hydrogen (secondary N) is 2. The number of aryl methyl sites for hydroxylation is 4. The fourth-order valence-electron chi connectivity index (χ4n) is 2.52. The second-order valence-electron chi connectivity index (χ2n) is 5.69. The van der Waals surface area contributed by atoms with Crippen molar-refractivity contribution < 1.29 is 2.85 Å². The van der Waals surface area contributed by atoms with E-state index in [0.717, 1.165) is 0 Å². The van der Waals surface area contributed by atoms with E-state index in [1.807, 2.05) is 0 Å². The molecule has 0 amide bonds. The molecule has 0 aliphatic carbocycles. The van der Waals surface area contributed by atoms with E-state index in [1.165, 1.54) is 21.8 Å². The van der Waals surface area contributed by atoms with Gasteiger partial charge in [0, 0.05) is 68.8 Å². The van der Waals surface area contributed by atoms with Gasteiger partial charge in [-0.1, -0.05) is 0 Å². The monoisotopic (exact) mass is 404 g/mol. The Morgan fingerprint density at radius 1 is 0.741 bits per heavy atom. The van der Waals surface area contributed by atoms with Gasteiger partial charge in [-0.3, -0.25) is 28.7 Å². The molecule has 0 saturated heterocycles. The Hall–Kier alpha value is -2.44. The van der Waals surface area contributed by atoms with E-state index in [1.54, 1.807) is 37.3 Å². The Kier molecular flexibility index (Phi) is 5.92. The van der Waals surface area contributed by atoms with Gasteiger partial charge in [0.1, 0.15) is 0 Å². The minimum absolute atomic E-state index is 0. The van der Waals surface area contributed by atoms with Crippen molar-refractivity contribution in [2.75, 3.05) is 0 Å². The molecule has 12 nitrogen and oxygen atoms in total. The molecular weight excluding hydrogens is 384 g/mol. The summed E-state index contributed by atoms with van der Waals surface area (Å²) in [6.45, 7) is 0. The number of aromatic amines is 2. The minimum atomic E-state index is -0.448. The molecule has 0 spiro atoms. The maximum Gasteiger partial charge on any atom is 0.329 e. The predicted molar refractivity (Wildman–Crippen MR) is 103 cm³/mol. The van der Waals surface area contributed by atoms with Crippen molar-refractivity contribution in [2.45, 2.75) is 0 Å². The molecule has 0 aromatic carbocycles. The minimum Gasteiger partial charge on any atom is -0.328 e. The molecule has 4 aromatic rings. The van der Waals surface area contributed by atoms with Gasteiger partial charge in [-0.05, 0) is 0 Å². The average Bonchev–Trinajstić information content (AvgIpc) is 3.15. The Morgan fingerprint density at radius 3 is 1.41 bits per heavy atom. The average molecular weight is 404 g/mol. The third kappa shape index (κ3) is 3.55. The summed E-state index contributed by atoms with van der Waals surface area (Å²) >= 11 is 0. The summed E-state index contributed by atoms with van der Waals surface area (Å²) in [6.07, 6.45) is 3.00. The normalized spacial score (nSPS) is 10.5. The van der Waals surface area contributed by atoms with Crippen molar-refractivity contribution in [2.24, 2.45) is 28.2 Å². The van der Waals surface area contributed by atoms with Crippen molar-refractivity contribution >= 4 is 60.1 Å². The summed E-state index contributed by atoms with van der Waals surface area (Å²) in [6, 6.07) is 0. The summed E-state index contributed by atoms with van der Waals surface area (Å²) in [5.74, 6) is 0. The van der Waals surface area contributed by atoms with Gasteiger partial charge in [-0.15, -0.1) is 0 Å². The second-order valence-corrected chi connectivity index (χ2v) is 5.69. The molecule has 0 aliphatic rings. The molecule has 27 heavy (non-hydrogen) atoms. The largest absolute Gasteiger partial charge is 0.329 e. The summed E-state index contributed by atoms with van der Waals surface area (Å²) in [5.41, 5.74) is -0.0969. The van der Waals surface area contributed by atoms with E-state index in [-0.39, 0.29) is 40.6 Å². The van der Waals surface area contributed by atoms with Crippen LogP contribution in [0.4, 0.5) is 0 Å². The number of hydrogen-bond donors (Lipinski definition) is 2. The molecule has 0 saturated carbocycles. The standard InChI is InChI=1S/2C7H8N4O2.Ca.2H2/c2*1-10-3-8-5-4(10)6(12)9-7(13)11(5)2;;;/h2*3H,1-2H3,(H,9,12,13);;2*1H. The quantitative estimate of drug-likeness (QED) is 0.325. The van der Waals surface area contributed by atoms with E-state index < -0.39 is 22.5 Å². The van der Waals surface area contributed by atoms with Crippen molar-refractivity contribution in [3.63, 3.8) is 0 Å². The molecule has 0 fully saturated rings. The van der Waals surface area contributed by atoms with Gasteiger partial charge in [-0.2, -0.15) is 0 Å². The Balaban J connectivity index is 0.000000490. The van der Waals surface area contributed by atoms with E-state index in [0.29, 0.717) is 22.3 Å². The van der Waals surface area contributed by atoms with E-state index in [9.17, 15) is 19.2 Å². The number of aromatic nitrogens is 8. The van der Waals surface area contributed by atoms with Crippen LogP contribution < -0.4 is 22.5 Å². The van der Waals surface area contributed by atoms with Crippen LogP contribution in [0.5, 0.6) is 0 Å². The molecule has 0 aliphatic heterocycles. The van der Waals surface area contributed by atoms with E-state index in [2.05, 4.69) is 19.9 Å². The van der Waals surface area contributed by atoms with Gasteiger partial charge in [0.25, 0.3) is 11.1 Å². The molecule has 0 atom stereocenters. The van der Waals surface area contributed by atoms with Crippen LogP contribution in [0.3, 0.4) is 0 Å². The van der Waals surface area contributed by atoms with Crippen molar-refractivity contribution in [1.82, 2.24) is 38.2 Å². The summed E-state index contributed by atoms with van der Waals surface area (Å²) in [7, 11) is 6.53. The summed E-state index contributed by atoms with van der Waals surface area (Å²) in [4.78, 5) is 57.1. The number of hydrogen-bond acceptors (Lipinski definition) is 6. The van der Waals surface area contributed by atoms with Crippen molar-refractivity contribution in [3.05, 3.63) is 54.3 Å². The SMILES string of the molecule is Cn1cnc2c1c(=O)[nH]c(=O)n2C.Cn1cnc2c1c(=O)[nH]c(=O)n2C.[Ca].[HH].[HH]. The molecule has 2 N–H and O–H groups in total. The van der Waals surface area contributed by atoms with Crippen LogP contribution in [0.15, 0.2) is 31.8 Å². The van der Waals surface area contributed by atoms with Crippen LogP contribution in [0, 0.1) is 0 Å². The molecule has 0 unspecified atom stereocenters. The summed E-state index contributed by atoms with van der Waals surface area (Å²) in [5, 5.41) is 0. The molecule has 4 heterocycles. The van der Waals surface area contributed by atoms with Crippen LogP contribution in [0.2, 0.25) is 0 Å². The van der Waals surface area contributed by atoms with Gasteiger partial charge in [0.05, 0.1) is 12.7 Å². The zero-order chi connectivity index (χ0) is 19.2. The first kappa shape index (κ1) is 20.9. The maximum absolute atomic E-state index is 11.3. The van der Waals surface area contributed by atoms with Gasteiger partial charge in [0.2, 0.25) is 0 Å². The molecule has 0 bridgehead atoms. The smallest absolute Gasteiger partial charge is 0.328 e. The van der Waals surface area contributed by atoms with E-state index in [4.69, 9.17) is 0 Å². The zero-order valence-electron chi connectivity index (χ0n) is 15.2. The molecule has 2 radical (unpaired) electrons. The van der Waals surface area contributed by atoms with Crippen LogP contribution >= 0.6 is 0 Å². The summed E-state index contributed by atoms with van der Waals surface area (Å²) < 4.78 is 5.76. The predicted octanol–water partition coefficient (Wildman–Crippen LogP) is -1.97. The fourth-order valence-corrected chi connectivity index (χ4v) is 2.52. The Morgan fingerprint density at radius 2 is 1.07 bits per heavy atom. The van der Waals surface area contributed by atoms with Gasteiger partial charge >= 0.3 is 11.4 Å². The first-order chi connectivity index (χ1) is 12.2. The van der Waals surface area contributed by atoms with E-state index >= 15 is 0 Å². The van der Waals surface area contributed by atoms with Gasteiger partial charge < -0.3 is 9.13 Å². The number of rotatable bonds is 0. The van der Waals surface area contributed by atoms with Crippen LogP contribution in [0.1, 0.15) is 2.85 Å². The Bertz CT molecular complexity index is 1270. The van der Waals surface area contributed by atoms with Crippen molar-refractivity contribution in [3.8, 4) is 0 Å². The third-order valence-corrected chi connectivity index (χ3v) is 3.95. The first-order valence-corrected chi connectivity index (χ1v) is 7.43. The number of nitrogens with zero attached hydrogens (tertiary/aromatic N) is 6. The fraction of sp³-hybridized carbons (Fsp3) is 0.286.